The van der Waals surface area contributed by atoms with Crippen molar-refractivity contribution in [3.8, 4) is 11.3 Å². The number of carbonyl (C=O) groups is 1. The van der Waals surface area contributed by atoms with Crippen molar-refractivity contribution in [3.05, 3.63) is 42.1 Å². The molecule has 3 rings (SSSR count). The second-order valence-electron chi connectivity index (χ2n) is 7.32. The van der Waals surface area contributed by atoms with Gasteiger partial charge < -0.3 is 15.4 Å². The monoisotopic (exact) mass is 396 g/mol. The third-order valence-electron chi connectivity index (χ3n) is 4.66. The molecule has 0 radical (unpaired) electrons. The summed E-state index contributed by atoms with van der Waals surface area (Å²) >= 11 is 0. The third-order valence-corrected chi connectivity index (χ3v) is 4.66. The van der Waals surface area contributed by atoms with E-state index in [0.717, 1.165) is 35.4 Å². The highest BCUT2D eigenvalue weighted by molar-refractivity contribution is 5.99. The Balaban J connectivity index is 2.06. The topological polar surface area (TPSA) is 98.3 Å². The lowest BCUT2D eigenvalue weighted by Gasteiger charge is -2.16. The van der Waals surface area contributed by atoms with E-state index in [1.807, 2.05) is 43.8 Å². The standard InChI is InChI=1S/C21H28N6O2/c1-14(2)27-20-17(12-23-27)19(25-21(28)29-4)11-18(24-20)16-7-5-6-15(10-16)13-26(3)9-8-22/h5-7,10-12,14H,8-9,13,22H2,1-4H3,(H,24,25,28). The average molecular weight is 396 g/mol. The number of methoxy groups -OCH3 is 1. The number of rotatable bonds is 7. The molecule has 0 fully saturated rings. The number of fused-ring (bicyclic) bond motifs is 1. The van der Waals surface area contributed by atoms with Crippen molar-refractivity contribution in [1.29, 1.82) is 0 Å². The Morgan fingerprint density at radius 3 is 2.83 bits per heavy atom. The molecule has 0 unspecified atom stereocenters. The SMILES string of the molecule is COC(=O)Nc1cc(-c2cccc(CN(C)CCN)c2)nc2c1cnn2C(C)C. The van der Waals surface area contributed by atoms with Gasteiger partial charge in [0.25, 0.3) is 0 Å². The number of benzene rings is 1. The second kappa shape index (κ2) is 9.02. The molecule has 1 aromatic carbocycles. The van der Waals surface area contributed by atoms with Gasteiger partial charge in [0, 0.05) is 31.2 Å². The zero-order chi connectivity index (χ0) is 21.0. The van der Waals surface area contributed by atoms with E-state index in [0.29, 0.717) is 12.2 Å². The van der Waals surface area contributed by atoms with Gasteiger partial charge in [-0.1, -0.05) is 18.2 Å². The maximum atomic E-state index is 11.9. The number of pyridine rings is 1. The van der Waals surface area contributed by atoms with Gasteiger partial charge in [-0.15, -0.1) is 0 Å². The van der Waals surface area contributed by atoms with Crippen molar-refractivity contribution < 1.29 is 9.53 Å². The first-order valence-electron chi connectivity index (χ1n) is 9.64. The molecule has 1 amide bonds. The van der Waals surface area contributed by atoms with Crippen LogP contribution >= 0.6 is 0 Å². The summed E-state index contributed by atoms with van der Waals surface area (Å²) in [6.07, 6.45) is 1.19. The molecule has 154 valence electrons. The van der Waals surface area contributed by atoms with Gasteiger partial charge in [0.15, 0.2) is 5.65 Å². The van der Waals surface area contributed by atoms with Crippen LogP contribution in [0.15, 0.2) is 36.5 Å². The Morgan fingerprint density at radius 2 is 2.14 bits per heavy atom. The molecule has 0 aliphatic rings. The molecular weight excluding hydrogens is 368 g/mol. The van der Waals surface area contributed by atoms with E-state index in [4.69, 9.17) is 15.5 Å². The fourth-order valence-corrected chi connectivity index (χ4v) is 3.25. The number of nitrogens with one attached hydrogen (secondary N) is 1. The van der Waals surface area contributed by atoms with Crippen LogP contribution < -0.4 is 11.1 Å². The zero-order valence-electron chi connectivity index (χ0n) is 17.3. The first-order valence-corrected chi connectivity index (χ1v) is 9.64. The summed E-state index contributed by atoms with van der Waals surface area (Å²) in [6, 6.07) is 10.2. The largest absolute Gasteiger partial charge is 0.453 e. The quantitative estimate of drug-likeness (QED) is 0.636. The summed E-state index contributed by atoms with van der Waals surface area (Å²) in [5.74, 6) is 0. The van der Waals surface area contributed by atoms with Crippen molar-refractivity contribution in [2.75, 3.05) is 32.6 Å². The number of hydrogen-bond donors (Lipinski definition) is 2. The average Bonchev–Trinajstić information content (AvgIpc) is 3.13. The van der Waals surface area contributed by atoms with E-state index in [2.05, 4.69) is 27.4 Å². The Kier molecular flexibility index (Phi) is 6.46. The Hall–Kier alpha value is -2.97. The molecule has 0 aliphatic heterocycles. The number of anilines is 1. The van der Waals surface area contributed by atoms with Gasteiger partial charge in [-0.2, -0.15) is 5.10 Å². The third kappa shape index (κ3) is 4.72. The van der Waals surface area contributed by atoms with Crippen LogP contribution in [0.4, 0.5) is 10.5 Å². The summed E-state index contributed by atoms with van der Waals surface area (Å²) in [6.45, 7) is 6.33. The highest BCUT2D eigenvalue weighted by Crippen LogP contribution is 2.30. The predicted octanol–water partition coefficient (Wildman–Crippen LogP) is 3.25. The maximum Gasteiger partial charge on any atom is 0.411 e. The lowest BCUT2D eigenvalue weighted by atomic mass is 10.1. The molecule has 8 nitrogen and oxygen atoms in total. The minimum absolute atomic E-state index is 0.137. The second-order valence-corrected chi connectivity index (χ2v) is 7.32. The van der Waals surface area contributed by atoms with E-state index < -0.39 is 6.09 Å². The molecule has 29 heavy (non-hydrogen) atoms. The van der Waals surface area contributed by atoms with E-state index >= 15 is 0 Å². The zero-order valence-corrected chi connectivity index (χ0v) is 17.3. The molecule has 0 spiro atoms. The van der Waals surface area contributed by atoms with Crippen LogP contribution in [0.3, 0.4) is 0 Å². The molecule has 3 N–H and O–H groups in total. The number of aromatic nitrogens is 3. The lowest BCUT2D eigenvalue weighted by Crippen LogP contribution is -2.24. The van der Waals surface area contributed by atoms with Crippen molar-refractivity contribution in [2.24, 2.45) is 5.73 Å². The summed E-state index contributed by atoms with van der Waals surface area (Å²) in [5, 5.41) is 8.00. The molecule has 8 heteroatoms. The fourth-order valence-electron chi connectivity index (χ4n) is 3.25. The normalized spacial score (nSPS) is 11.4. The van der Waals surface area contributed by atoms with Crippen LogP contribution in [-0.2, 0) is 11.3 Å². The molecule has 0 saturated carbocycles. The number of carbonyl (C=O) groups excluding carboxylic acids is 1. The van der Waals surface area contributed by atoms with Crippen LogP contribution in [-0.4, -0.2) is 53.0 Å². The number of nitrogens with two attached hydrogens (primary N) is 1. The molecule has 2 heterocycles. The summed E-state index contributed by atoms with van der Waals surface area (Å²) in [7, 11) is 3.39. The Bertz CT molecular complexity index is 998. The van der Waals surface area contributed by atoms with Crippen molar-refractivity contribution in [3.63, 3.8) is 0 Å². The summed E-state index contributed by atoms with van der Waals surface area (Å²) in [4.78, 5) is 18.9. The van der Waals surface area contributed by atoms with Crippen molar-refractivity contribution in [1.82, 2.24) is 19.7 Å². The molecule has 0 aliphatic carbocycles. The van der Waals surface area contributed by atoms with Gasteiger partial charge in [-0.05, 0) is 38.6 Å². The lowest BCUT2D eigenvalue weighted by molar-refractivity contribution is 0.187. The minimum atomic E-state index is -0.530. The first kappa shape index (κ1) is 20.8. The molecule has 0 bridgehead atoms. The predicted molar refractivity (Wildman–Crippen MR) is 115 cm³/mol. The molecule has 0 saturated heterocycles. The summed E-state index contributed by atoms with van der Waals surface area (Å²) < 4.78 is 6.62. The fraction of sp³-hybridized carbons (Fsp3) is 0.381. The van der Waals surface area contributed by atoms with Gasteiger partial charge in [0.05, 0.1) is 30.1 Å². The van der Waals surface area contributed by atoms with Crippen LogP contribution in [0.25, 0.3) is 22.3 Å². The summed E-state index contributed by atoms with van der Waals surface area (Å²) in [5.41, 5.74) is 9.88. The smallest absolute Gasteiger partial charge is 0.411 e. The molecular formula is C21H28N6O2. The molecule has 3 aromatic rings. The number of likely N-dealkylation sites (N-methyl/N-ethyl adjacent to an activating group) is 1. The Morgan fingerprint density at radius 1 is 1.34 bits per heavy atom. The molecule has 0 atom stereocenters. The highest BCUT2D eigenvalue weighted by atomic mass is 16.5. The van der Waals surface area contributed by atoms with Gasteiger partial charge in [0.1, 0.15) is 0 Å². The first-order chi connectivity index (χ1) is 13.9. The van der Waals surface area contributed by atoms with Gasteiger partial charge in [-0.3, -0.25) is 5.32 Å². The van der Waals surface area contributed by atoms with E-state index in [1.165, 1.54) is 12.7 Å². The van der Waals surface area contributed by atoms with Gasteiger partial charge in [0.2, 0.25) is 0 Å². The minimum Gasteiger partial charge on any atom is -0.453 e. The van der Waals surface area contributed by atoms with E-state index in [1.54, 1.807) is 6.20 Å². The number of hydrogen-bond acceptors (Lipinski definition) is 6. The number of amides is 1. The highest BCUT2D eigenvalue weighted by Gasteiger charge is 2.16. The van der Waals surface area contributed by atoms with Crippen LogP contribution in [0.5, 0.6) is 0 Å². The number of ether oxygens (including phenoxy) is 1. The van der Waals surface area contributed by atoms with Crippen LogP contribution in [0.2, 0.25) is 0 Å². The number of nitrogens with zero attached hydrogens (tertiary/aromatic N) is 4. The Labute approximate surface area is 170 Å². The van der Waals surface area contributed by atoms with Crippen molar-refractivity contribution in [2.45, 2.75) is 26.4 Å². The van der Waals surface area contributed by atoms with Crippen LogP contribution in [0, 0.1) is 0 Å². The van der Waals surface area contributed by atoms with Crippen LogP contribution in [0.1, 0.15) is 25.5 Å². The van der Waals surface area contributed by atoms with E-state index in [9.17, 15) is 4.79 Å². The maximum absolute atomic E-state index is 11.9. The molecule has 2 aromatic heterocycles. The van der Waals surface area contributed by atoms with Gasteiger partial charge in [-0.25, -0.2) is 14.5 Å². The van der Waals surface area contributed by atoms with E-state index in [-0.39, 0.29) is 6.04 Å². The van der Waals surface area contributed by atoms with Crippen molar-refractivity contribution >= 4 is 22.8 Å². The van der Waals surface area contributed by atoms with Gasteiger partial charge >= 0.3 is 6.09 Å².